The van der Waals surface area contributed by atoms with Crippen molar-refractivity contribution in [3.8, 4) is 0 Å². The summed E-state index contributed by atoms with van der Waals surface area (Å²) >= 11 is 0. The highest BCUT2D eigenvalue weighted by molar-refractivity contribution is 6.01. The Balaban J connectivity index is 2.05. The highest BCUT2D eigenvalue weighted by Gasteiger charge is 2.40. The molecule has 1 N–H and O–H groups in total. The molecule has 0 aromatic carbocycles. The third-order valence-electron chi connectivity index (χ3n) is 3.55. The first-order valence-electron chi connectivity index (χ1n) is 5.74. The second-order valence-corrected chi connectivity index (χ2v) is 4.78. The Morgan fingerprint density at radius 3 is 2.56 bits per heavy atom. The van der Waals surface area contributed by atoms with E-state index in [2.05, 4.69) is 5.32 Å². The van der Waals surface area contributed by atoms with E-state index in [9.17, 15) is 9.59 Å². The zero-order valence-electron chi connectivity index (χ0n) is 9.62. The van der Waals surface area contributed by atoms with Crippen LogP contribution < -0.4 is 5.32 Å². The molecule has 2 fully saturated rings. The molecule has 0 radical (unpaired) electrons. The highest BCUT2D eigenvalue weighted by Crippen LogP contribution is 2.39. The monoisotopic (exact) mass is 226 g/mol. The van der Waals surface area contributed by atoms with Crippen molar-refractivity contribution < 1.29 is 14.3 Å². The zero-order valence-corrected chi connectivity index (χ0v) is 9.62. The standard InChI is InChI=1S/C11H18N2O3/c1-16-8-11(4-2-3-5-11)7-13-9(14)6-12-10(13)15/h2-8H2,1H3,(H,12,15). The van der Waals surface area contributed by atoms with Gasteiger partial charge >= 0.3 is 6.03 Å². The number of carbonyl (C=O) groups is 2. The van der Waals surface area contributed by atoms with E-state index in [1.54, 1.807) is 7.11 Å². The average Bonchev–Trinajstić information content (AvgIpc) is 2.82. The van der Waals surface area contributed by atoms with Gasteiger partial charge in [0.05, 0.1) is 13.2 Å². The van der Waals surface area contributed by atoms with Crippen molar-refractivity contribution in [3.63, 3.8) is 0 Å². The fraction of sp³-hybridized carbons (Fsp3) is 0.818. The Hall–Kier alpha value is -1.10. The van der Waals surface area contributed by atoms with Crippen molar-refractivity contribution in [2.45, 2.75) is 25.7 Å². The maximum Gasteiger partial charge on any atom is 0.324 e. The van der Waals surface area contributed by atoms with Gasteiger partial charge in [-0.3, -0.25) is 9.69 Å². The molecule has 0 unspecified atom stereocenters. The average molecular weight is 226 g/mol. The molecule has 3 amide bonds. The molecule has 1 saturated heterocycles. The zero-order chi connectivity index (χ0) is 11.6. The van der Waals surface area contributed by atoms with Crippen LogP contribution in [0.3, 0.4) is 0 Å². The van der Waals surface area contributed by atoms with Gasteiger partial charge in [0, 0.05) is 19.1 Å². The van der Waals surface area contributed by atoms with Gasteiger partial charge in [0.2, 0.25) is 5.91 Å². The summed E-state index contributed by atoms with van der Waals surface area (Å²) in [6.07, 6.45) is 4.40. The number of rotatable bonds is 4. The number of methoxy groups -OCH3 is 1. The number of nitrogens with zero attached hydrogens (tertiary/aromatic N) is 1. The third-order valence-corrected chi connectivity index (χ3v) is 3.55. The smallest absolute Gasteiger partial charge is 0.324 e. The second-order valence-electron chi connectivity index (χ2n) is 4.78. The lowest BCUT2D eigenvalue weighted by atomic mass is 9.86. The van der Waals surface area contributed by atoms with Gasteiger partial charge in [0.1, 0.15) is 0 Å². The Morgan fingerprint density at radius 1 is 1.38 bits per heavy atom. The lowest BCUT2D eigenvalue weighted by Gasteiger charge is -2.31. The van der Waals surface area contributed by atoms with Crippen LogP contribution in [0.4, 0.5) is 4.79 Å². The molecule has 0 atom stereocenters. The van der Waals surface area contributed by atoms with E-state index in [1.165, 1.54) is 4.90 Å². The highest BCUT2D eigenvalue weighted by atomic mass is 16.5. The van der Waals surface area contributed by atoms with Gasteiger partial charge in [-0.05, 0) is 12.8 Å². The Morgan fingerprint density at radius 2 is 2.06 bits per heavy atom. The van der Waals surface area contributed by atoms with Crippen LogP contribution in [0.25, 0.3) is 0 Å². The molecule has 1 aliphatic carbocycles. The van der Waals surface area contributed by atoms with E-state index in [1.807, 2.05) is 0 Å². The van der Waals surface area contributed by atoms with Crippen molar-refractivity contribution in [1.82, 2.24) is 10.2 Å². The van der Waals surface area contributed by atoms with E-state index >= 15 is 0 Å². The molecule has 0 aromatic rings. The largest absolute Gasteiger partial charge is 0.384 e. The van der Waals surface area contributed by atoms with Crippen LogP contribution in [0.1, 0.15) is 25.7 Å². The Kier molecular flexibility index (Phi) is 3.14. The van der Waals surface area contributed by atoms with Gasteiger partial charge in [0.25, 0.3) is 0 Å². The number of imide groups is 1. The fourth-order valence-electron chi connectivity index (χ4n) is 2.73. The minimum atomic E-state index is -0.257. The number of carbonyl (C=O) groups excluding carboxylic acids is 2. The van der Waals surface area contributed by atoms with Crippen LogP contribution in [0.5, 0.6) is 0 Å². The van der Waals surface area contributed by atoms with Gasteiger partial charge in [-0.2, -0.15) is 0 Å². The fourth-order valence-corrected chi connectivity index (χ4v) is 2.73. The number of amides is 3. The minimum Gasteiger partial charge on any atom is -0.384 e. The molecule has 2 aliphatic rings. The van der Waals surface area contributed by atoms with Gasteiger partial charge in [0.15, 0.2) is 0 Å². The van der Waals surface area contributed by atoms with E-state index in [-0.39, 0.29) is 23.9 Å². The number of nitrogens with one attached hydrogen (secondary N) is 1. The summed E-state index contributed by atoms with van der Waals surface area (Å²) in [5, 5.41) is 2.55. The molecule has 5 heteroatoms. The normalized spacial score (nSPS) is 23.9. The lowest BCUT2D eigenvalue weighted by molar-refractivity contribution is -0.126. The number of hydrogen-bond donors (Lipinski definition) is 1. The molecule has 1 saturated carbocycles. The van der Waals surface area contributed by atoms with Crippen LogP contribution in [-0.4, -0.2) is 43.6 Å². The summed E-state index contributed by atoms with van der Waals surface area (Å²) in [7, 11) is 1.67. The van der Waals surface area contributed by atoms with E-state index in [4.69, 9.17) is 4.74 Å². The quantitative estimate of drug-likeness (QED) is 0.719. The molecule has 0 aromatic heterocycles. The first-order chi connectivity index (χ1) is 7.67. The van der Waals surface area contributed by atoms with E-state index < -0.39 is 0 Å². The molecule has 0 bridgehead atoms. The molecule has 2 rings (SSSR count). The van der Waals surface area contributed by atoms with Gasteiger partial charge in [-0.25, -0.2) is 4.79 Å². The van der Waals surface area contributed by atoms with Gasteiger partial charge in [-0.1, -0.05) is 12.8 Å². The number of urea groups is 1. The maximum absolute atomic E-state index is 11.5. The Bertz CT molecular complexity index is 282. The van der Waals surface area contributed by atoms with Crippen LogP contribution in [0.2, 0.25) is 0 Å². The Labute approximate surface area is 95.1 Å². The SMILES string of the molecule is COCC1(CN2C(=O)CNC2=O)CCCC1. The van der Waals surface area contributed by atoms with Crippen LogP contribution in [0.15, 0.2) is 0 Å². The van der Waals surface area contributed by atoms with Crippen LogP contribution in [-0.2, 0) is 9.53 Å². The van der Waals surface area contributed by atoms with Crippen molar-refractivity contribution in [3.05, 3.63) is 0 Å². The van der Waals surface area contributed by atoms with Gasteiger partial charge < -0.3 is 10.1 Å². The predicted octanol–water partition coefficient (Wildman–Crippen LogP) is 0.745. The second kappa shape index (κ2) is 4.41. The predicted molar refractivity (Wildman–Crippen MR) is 57.9 cm³/mol. The first kappa shape index (κ1) is 11.4. The summed E-state index contributed by atoms with van der Waals surface area (Å²) in [6, 6.07) is -0.257. The molecular formula is C11H18N2O3. The summed E-state index contributed by atoms with van der Waals surface area (Å²) < 4.78 is 5.24. The van der Waals surface area contributed by atoms with Crippen molar-refractivity contribution >= 4 is 11.9 Å². The summed E-state index contributed by atoms with van der Waals surface area (Å²) in [4.78, 5) is 24.3. The number of ether oxygens (including phenoxy) is 1. The summed E-state index contributed by atoms with van der Waals surface area (Å²) in [5.74, 6) is -0.118. The number of hydrogen-bond acceptors (Lipinski definition) is 3. The molecule has 1 aliphatic heterocycles. The molecule has 16 heavy (non-hydrogen) atoms. The third kappa shape index (κ3) is 2.04. The van der Waals surface area contributed by atoms with Crippen LogP contribution in [0, 0.1) is 5.41 Å². The topological polar surface area (TPSA) is 58.6 Å². The first-order valence-corrected chi connectivity index (χ1v) is 5.74. The molecule has 0 spiro atoms. The lowest BCUT2D eigenvalue weighted by Crippen LogP contribution is -2.42. The molecule has 90 valence electrons. The van der Waals surface area contributed by atoms with Gasteiger partial charge in [-0.15, -0.1) is 0 Å². The van der Waals surface area contributed by atoms with Crippen molar-refractivity contribution in [1.29, 1.82) is 0 Å². The maximum atomic E-state index is 11.5. The molecular weight excluding hydrogens is 208 g/mol. The van der Waals surface area contributed by atoms with E-state index in [0.717, 1.165) is 25.7 Å². The van der Waals surface area contributed by atoms with Crippen molar-refractivity contribution in [2.24, 2.45) is 5.41 Å². The minimum absolute atomic E-state index is 0.00785. The molecule has 1 heterocycles. The summed E-state index contributed by atoms with van der Waals surface area (Å²) in [6.45, 7) is 1.28. The van der Waals surface area contributed by atoms with Crippen LogP contribution >= 0.6 is 0 Å². The summed E-state index contributed by atoms with van der Waals surface area (Å²) in [5.41, 5.74) is -0.00785. The van der Waals surface area contributed by atoms with Crippen molar-refractivity contribution in [2.75, 3.05) is 26.8 Å². The van der Waals surface area contributed by atoms with E-state index in [0.29, 0.717) is 13.2 Å². The molecule has 5 nitrogen and oxygen atoms in total.